The predicted octanol–water partition coefficient (Wildman–Crippen LogP) is 2.68. The number of carbonyl (C=O) groups excluding carboxylic acids is 1. The molecule has 0 aromatic heterocycles. The van der Waals surface area contributed by atoms with Gasteiger partial charge in [0.25, 0.3) is 0 Å². The molecule has 1 aliphatic heterocycles. The second-order valence-corrected chi connectivity index (χ2v) is 5.85. The monoisotopic (exact) mass is 312 g/mol. The Labute approximate surface area is 127 Å². The highest BCUT2D eigenvalue weighted by atomic mass is 35.5. The minimum Gasteiger partial charge on any atom is -0.478 e. The lowest BCUT2D eigenvalue weighted by molar-refractivity contribution is -0.0249. The SMILES string of the molecule is CC1(C)COCCN1C(=O)Nc1ccc(Cl)c(C(=O)O)c1. The maximum Gasteiger partial charge on any atom is 0.337 e. The van der Waals surface area contributed by atoms with E-state index < -0.39 is 11.5 Å². The van der Waals surface area contributed by atoms with Gasteiger partial charge < -0.3 is 20.1 Å². The van der Waals surface area contributed by atoms with Crippen molar-refractivity contribution in [3.63, 3.8) is 0 Å². The summed E-state index contributed by atoms with van der Waals surface area (Å²) in [5, 5.41) is 11.9. The average molecular weight is 313 g/mol. The van der Waals surface area contributed by atoms with Gasteiger partial charge >= 0.3 is 12.0 Å². The molecule has 0 aliphatic carbocycles. The Balaban J connectivity index is 2.16. The summed E-state index contributed by atoms with van der Waals surface area (Å²) in [5.74, 6) is -1.14. The Morgan fingerprint density at radius 1 is 1.43 bits per heavy atom. The van der Waals surface area contributed by atoms with Crippen molar-refractivity contribution in [3.8, 4) is 0 Å². The summed E-state index contributed by atoms with van der Waals surface area (Å²) in [4.78, 5) is 25.0. The van der Waals surface area contributed by atoms with Crippen molar-refractivity contribution in [3.05, 3.63) is 28.8 Å². The summed E-state index contributed by atoms with van der Waals surface area (Å²) in [7, 11) is 0. The zero-order valence-corrected chi connectivity index (χ0v) is 12.6. The van der Waals surface area contributed by atoms with Gasteiger partial charge in [0, 0.05) is 12.2 Å². The van der Waals surface area contributed by atoms with Crippen molar-refractivity contribution < 1.29 is 19.4 Å². The summed E-state index contributed by atoms with van der Waals surface area (Å²) < 4.78 is 5.36. The molecule has 0 atom stereocenters. The molecule has 0 radical (unpaired) electrons. The lowest BCUT2D eigenvalue weighted by Gasteiger charge is -2.41. The van der Waals surface area contributed by atoms with Gasteiger partial charge in [-0.3, -0.25) is 0 Å². The average Bonchev–Trinajstić information content (AvgIpc) is 2.40. The van der Waals surface area contributed by atoms with E-state index in [0.29, 0.717) is 25.4 Å². The molecule has 0 unspecified atom stereocenters. The third-order valence-electron chi connectivity index (χ3n) is 3.34. The number of anilines is 1. The van der Waals surface area contributed by atoms with E-state index in [-0.39, 0.29) is 16.6 Å². The summed E-state index contributed by atoms with van der Waals surface area (Å²) in [5.41, 5.74) is -0.0653. The van der Waals surface area contributed by atoms with Crippen LogP contribution in [0.4, 0.5) is 10.5 Å². The number of amides is 2. The van der Waals surface area contributed by atoms with Crippen LogP contribution in [0.3, 0.4) is 0 Å². The number of nitrogens with one attached hydrogen (secondary N) is 1. The van der Waals surface area contributed by atoms with Crippen molar-refractivity contribution in [2.24, 2.45) is 0 Å². The molecule has 1 heterocycles. The maximum absolute atomic E-state index is 12.3. The third kappa shape index (κ3) is 3.46. The molecular formula is C14H17ClN2O4. The molecule has 0 saturated carbocycles. The van der Waals surface area contributed by atoms with Gasteiger partial charge in [-0.2, -0.15) is 0 Å². The Bertz CT molecular complexity index is 574. The molecular weight excluding hydrogens is 296 g/mol. The number of carboxylic acids is 1. The second-order valence-electron chi connectivity index (χ2n) is 5.45. The zero-order valence-electron chi connectivity index (χ0n) is 11.9. The zero-order chi connectivity index (χ0) is 15.6. The van der Waals surface area contributed by atoms with Gasteiger partial charge in [-0.1, -0.05) is 11.6 Å². The number of carbonyl (C=O) groups is 2. The molecule has 2 N–H and O–H groups in total. The molecule has 0 bridgehead atoms. The summed E-state index contributed by atoms with van der Waals surface area (Å²) in [6.07, 6.45) is 0. The first kappa shape index (κ1) is 15.6. The molecule has 0 spiro atoms. The van der Waals surface area contributed by atoms with E-state index in [4.69, 9.17) is 21.4 Å². The van der Waals surface area contributed by atoms with E-state index in [2.05, 4.69) is 5.32 Å². The quantitative estimate of drug-likeness (QED) is 0.880. The minimum atomic E-state index is -1.14. The van der Waals surface area contributed by atoms with Crippen LogP contribution >= 0.6 is 11.6 Å². The molecule has 1 aliphatic rings. The van der Waals surface area contributed by atoms with E-state index in [0.717, 1.165) is 0 Å². The van der Waals surface area contributed by atoms with Gasteiger partial charge in [-0.15, -0.1) is 0 Å². The lowest BCUT2D eigenvalue weighted by Crippen LogP contribution is -2.56. The van der Waals surface area contributed by atoms with Crippen LogP contribution < -0.4 is 5.32 Å². The Morgan fingerprint density at radius 3 is 2.76 bits per heavy atom. The van der Waals surface area contributed by atoms with Crippen LogP contribution in [-0.2, 0) is 4.74 Å². The van der Waals surface area contributed by atoms with Crippen molar-refractivity contribution in [1.82, 2.24) is 4.90 Å². The number of urea groups is 1. The molecule has 6 nitrogen and oxygen atoms in total. The first-order valence-electron chi connectivity index (χ1n) is 6.50. The van der Waals surface area contributed by atoms with Crippen LogP contribution in [0, 0.1) is 0 Å². The highest BCUT2D eigenvalue weighted by molar-refractivity contribution is 6.33. The van der Waals surface area contributed by atoms with Gasteiger partial charge in [0.05, 0.1) is 29.3 Å². The highest BCUT2D eigenvalue weighted by Gasteiger charge is 2.34. The van der Waals surface area contributed by atoms with Crippen LogP contribution in [0.1, 0.15) is 24.2 Å². The normalized spacial score (nSPS) is 17.4. The number of carboxylic acid groups (broad SMARTS) is 1. The maximum atomic E-state index is 12.3. The molecule has 114 valence electrons. The van der Waals surface area contributed by atoms with Gasteiger partial charge in [0.2, 0.25) is 0 Å². The van der Waals surface area contributed by atoms with E-state index in [1.54, 1.807) is 11.0 Å². The highest BCUT2D eigenvalue weighted by Crippen LogP contribution is 2.23. The van der Waals surface area contributed by atoms with E-state index in [9.17, 15) is 9.59 Å². The predicted molar refractivity (Wildman–Crippen MR) is 79.0 cm³/mol. The number of ether oxygens (including phenoxy) is 1. The summed E-state index contributed by atoms with van der Waals surface area (Å²) in [6.45, 7) is 5.25. The molecule has 21 heavy (non-hydrogen) atoms. The van der Waals surface area contributed by atoms with Crippen LogP contribution in [0.5, 0.6) is 0 Å². The third-order valence-corrected chi connectivity index (χ3v) is 3.67. The number of hydrogen-bond donors (Lipinski definition) is 2. The minimum absolute atomic E-state index is 0.0456. The number of halogens is 1. The Kier molecular flexibility index (Phi) is 4.39. The first-order chi connectivity index (χ1) is 9.81. The number of aromatic carboxylic acids is 1. The molecule has 2 amide bonds. The number of hydrogen-bond acceptors (Lipinski definition) is 3. The van der Waals surface area contributed by atoms with Crippen LogP contribution in [0.15, 0.2) is 18.2 Å². The van der Waals surface area contributed by atoms with Gasteiger partial charge in [-0.25, -0.2) is 9.59 Å². The van der Waals surface area contributed by atoms with Crippen LogP contribution in [0.25, 0.3) is 0 Å². The van der Waals surface area contributed by atoms with E-state index >= 15 is 0 Å². The van der Waals surface area contributed by atoms with Gasteiger partial charge in [0.15, 0.2) is 0 Å². The second kappa shape index (κ2) is 5.91. The standard InChI is InChI=1S/C14H17ClN2O4/c1-14(2)8-21-6-5-17(14)13(20)16-9-3-4-11(15)10(7-9)12(18)19/h3-4,7H,5-6,8H2,1-2H3,(H,16,20)(H,18,19). The molecule has 1 saturated heterocycles. The first-order valence-corrected chi connectivity index (χ1v) is 6.88. The van der Waals surface area contributed by atoms with Crippen molar-refractivity contribution in [2.45, 2.75) is 19.4 Å². The molecule has 2 rings (SSSR count). The summed E-state index contributed by atoms with van der Waals surface area (Å²) in [6, 6.07) is 4.07. The topological polar surface area (TPSA) is 78.9 Å². The fraction of sp³-hybridized carbons (Fsp3) is 0.429. The van der Waals surface area contributed by atoms with E-state index in [1.807, 2.05) is 13.8 Å². The van der Waals surface area contributed by atoms with Crippen molar-refractivity contribution in [2.75, 3.05) is 25.1 Å². The number of rotatable bonds is 2. The van der Waals surface area contributed by atoms with Crippen LogP contribution in [0.2, 0.25) is 5.02 Å². The van der Waals surface area contributed by atoms with Crippen molar-refractivity contribution in [1.29, 1.82) is 0 Å². The smallest absolute Gasteiger partial charge is 0.337 e. The lowest BCUT2D eigenvalue weighted by atomic mass is 10.0. The fourth-order valence-electron chi connectivity index (χ4n) is 2.19. The fourth-order valence-corrected chi connectivity index (χ4v) is 2.39. The Hall–Kier alpha value is -1.79. The molecule has 1 aromatic rings. The van der Waals surface area contributed by atoms with Crippen LogP contribution in [-0.4, -0.2) is 47.3 Å². The molecule has 1 aromatic carbocycles. The molecule has 7 heteroatoms. The number of nitrogens with zero attached hydrogens (tertiary/aromatic N) is 1. The number of benzene rings is 1. The van der Waals surface area contributed by atoms with Crippen molar-refractivity contribution >= 4 is 29.3 Å². The Morgan fingerprint density at radius 2 is 2.14 bits per heavy atom. The largest absolute Gasteiger partial charge is 0.478 e. The van der Waals surface area contributed by atoms with E-state index in [1.165, 1.54) is 12.1 Å². The molecule has 1 fully saturated rings. The number of morpholine rings is 1. The van der Waals surface area contributed by atoms with Gasteiger partial charge in [0.1, 0.15) is 0 Å². The van der Waals surface area contributed by atoms with Gasteiger partial charge in [-0.05, 0) is 32.0 Å². The summed E-state index contributed by atoms with van der Waals surface area (Å²) >= 11 is 5.80.